The van der Waals surface area contributed by atoms with Gasteiger partial charge < -0.3 is 20.4 Å². The van der Waals surface area contributed by atoms with Gasteiger partial charge in [0.1, 0.15) is 11.3 Å². The molecule has 0 amide bonds. The second-order valence-electron chi connectivity index (χ2n) is 7.41. The van der Waals surface area contributed by atoms with E-state index < -0.39 is 22.0 Å². The highest BCUT2D eigenvalue weighted by atomic mass is 32.2. The molecule has 1 fully saturated rings. The number of anilines is 1. The van der Waals surface area contributed by atoms with Gasteiger partial charge in [-0.1, -0.05) is 24.3 Å². The Hall–Kier alpha value is -3.44. The summed E-state index contributed by atoms with van der Waals surface area (Å²) in [6.07, 6.45) is -0.593. The number of rotatable bonds is 6. The maximum absolute atomic E-state index is 13.1. The van der Waals surface area contributed by atoms with Crippen LogP contribution in [0.1, 0.15) is 18.7 Å². The molecule has 1 aromatic heterocycles. The highest BCUT2D eigenvalue weighted by Crippen LogP contribution is 2.30. The standard InChI is InChI=1S/C18H20N4O2S.C4H6O4/c1-14-20-18-16(21-12-10-19-11-13-21)8-5-9-17(18)22(14)25(23,24)15-6-3-2-4-7-15;5-3(6)1-2-4(7)8/h2-9,19H,10-13H2,1H3;1-2H2,(H,5,6)(H,7,8). The molecule has 0 aliphatic carbocycles. The van der Waals surface area contributed by atoms with E-state index in [-0.39, 0.29) is 17.7 Å². The van der Waals surface area contributed by atoms with E-state index in [1.807, 2.05) is 18.2 Å². The Morgan fingerprint density at radius 1 is 0.970 bits per heavy atom. The van der Waals surface area contributed by atoms with Crippen LogP contribution in [0.15, 0.2) is 53.4 Å². The third-order valence-corrected chi connectivity index (χ3v) is 6.88. The minimum Gasteiger partial charge on any atom is -0.481 e. The smallest absolute Gasteiger partial charge is 0.303 e. The van der Waals surface area contributed by atoms with Crippen molar-refractivity contribution in [3.63, 3.8) is 0 Å². The Labute approximate surface area is 191 Å². The number of para-hydroxylation sites is 1. The number of fused-ring (bicyclic) bond motifs is 1. The normalized spacial score (nSPS) is 13.9. The van der Waals surface area contributed by atoms with Crippen LogP contribution in [0.4, 0.5) is 5.69 Å². The minimum atomic E-state index is -3.68. The maximum Gasteiger partial charge on any atom is 0.303 e. The number of carbonyl (C=O) groups is 2. The number of nitrogens with zero attached hydrogens (tertiary/aromatic N) is 3. The summed E-state index contributed by atoms with van der Waals surface area (Å²) >= 11 is 0. The summed E-state index contributed by atoms with van der Waals surface area (Å²) in [5, 5.41) is 19.1. The number of carboxylic acid groups (broad SMARTS) is 2. The van der Waals surface area contributed by atoms with Crippen LogP contribution in [0, 0.1) is 6.92 Å². The van der Waals surface area contributed by atoms with Crippen molar-refractivity contribution in [1.29, 1.82) is 0 Å². The first-order valence-electron chi connectivity index (χ1n) is 10.4. The molecule has 0 radical (unpaired) electrons. The summed E-state index contributed by atoms with van der Waals surface area (Å²) < 4.78 is 27.6. The molecule has 1 aliphatic heterocycles. The number of imidazole rings is 1. The zero-order valence-electron chi connectivity index (χ0n) is 18.1. The van der Waals surface area contributed by atoms with E-state index in [4.69, 9.17) is 10.2 Å². The average Bonchev–Trinajstić information content (AvgIpc) is 3.16. The van der Waals surface area contributed by atoms with Crippen LogP contribution < -0.4 is 10.2 Å². The van der Waals surface area contributed by atoms with Crippen LogP contribution in [-0.4, -0.2) is 65.7 Å². The molecule has 2 heterocycles. The lowest BCUT2D eigenvalue weighted by Crippen LogP contribution is -2.43. The van der Waals surface area contributed by atoms with E-state index >= 15 is 0 Å². The Morgan fingerprint density at radius 2 is 1.58 bits per heavy atom. The second kappa shape index (κ2) is 10.5. The lowest BCUT2D eigenvalue weighted by atomic mass is 10.2. The van der Waals surface area contributed by atoms with Crippen molar-refractivity contribution in [3.8, 4) is 0 Å². The predicted octanol–water partition coefficient (Wildman–Crippen LogP) is 1.93. The van der Waals surface area contributed by atoms with Crippen molar-refractivity contribution in [2.45, 2.75) is 24.7 Å². The molecule has 11 heteroatoms. The van der Waals surface area contributed by atoms with Gasteiger partial charge in [0.25, 0.3) is 10.0 Å². The highest BCUT2D eigenvalue weighted by Gasteiger charge is 2.24. The second-order valence-corrected chi connectivity index (χ2v) is 9.20. The number of hydrogen-bond donors (Lipinski definition) is 3. The number of aliphatic carboxylic acids is 2. The Balaban J connectivity index is 0.000000331. The first kappa shape index (κ1) is 24.2. The minimum absolute atomic E-state index is 0.268. The number of hydrogen-bond acceptors (Lipinski definition) is 7. The molecule has 4 rings (SSSR count). The fourth-order valence-electron chi connectivity index (χ4n) is 3.56. The lowest BCUT2D eigenvalue weighted by molar-refractivity contribution is -0.143. The Morgan fingerprint density at radius 3 is 2.15 bits per heavy atom. The molecule has 1 aliphatic rings. The van der Waals surface area contributed by atoms with Gasteiger partial charge in [-0.15, -0.1) is 0 Å². The summed E-state index contributed by atoms with van der Waals surface area (Å²) in [6.45, 7) is 5.34. The largest absolute Gasteiger partial charge is 0.481 e. The van der Waals surface area contributed by atoms with E-state index in [1.165, 1.54) is 3.97 Å². The summed E-state index contributed by atoms with van der Waals surface area (Å²) in [5.74, 6) is -1.68. The fraction of sp³-hybridized carbons (Fsp3) is 0.318. The van der Waals surface area contributed by atoms with E-state index in [0.717, 1.165) is 37.4 Å². The van der Waals surface area contributed by atoms with Crippen LogP contribution >= 0.6 is 0 Å². The molecule has 3 aromatic rings. The SMILES string of the molecule is Cc1nc2c(N3CCNCC3)cccc2n1S(=O)(=O)c1ccccc1.O=C(O)CCC(=O)O. The number of nitrogens with one attached hydrogen (secondary N) is 1. The van der Waals surface area contributed by atoms with Gasteiger partial charge in [0.05, 0.1) is 28.9 Å². The molecule has 3 N–H and O–H groups in total. The van der Waals surface area contributed by atoms with E-state index in [2.05, 4.69) is 15.2 Å². The van der Waals surface area contributed by atoms with Crippen LogP contribution in [0.2, 0.25) is 0 Å². The molecule has 0 unspecified atom stereocenters. The zero-order chi connectivity index (χ0) is 24.0. The van der Waals surface area contributed by atoms with Gasteiger partial charge in [0.2, 0.25) is 0 Å². The van der Waals surface area contributed by atoms with Gasteiger partial charge in [0.15, 0.2) is 0 Å². The summed E-state index contributed by atoms with van der Waals surface area (Å²) in [7, 11) is -3.68. The molecule has 0 saturated carbocycles. The molecule has 1 saturated heterocycles. The average molecular weight is 475 g/mol. The molecular formula is C22H26N4O6S. The summed E-state index contributed by atoms with van der Waals surface area (Å²) in [6, 6.07) is 14.2. The predicted molar refractivity (Wildman–Crippen MR) is 123 cm³/mol. The molecule has 0 spiro atoms. The number of benzene rings is 2. The lowest BCUT2D eigenvalue weighted by Gasteiger charge is -2.29. The Kier molecular flexibility index (Phi) is 7.67. The molecular weight excluding hydrogens is 448 g/mol. The highest BCUT2D eigenvalue weighted by molar-refractivity contribution is 7.90. The molecule has 176 valence electrons. The van der Waals surface area contributed by atoms with Crippen molar-refractivity contribution >= 4 is 38.7 Å². The van der Waals surface area contributed by atoms with Crippen molar-refractivity contribution in [1.82, 2.24) is 14.3 Å². The third-order valence-electron chi connectivity index (χ3n) is 5.07. The first-order chi connectivity index (χ1) is 15.7. The van der Waals surface area contributed by atoms with Crippen molar-refractivity contribution in [2.24, 2.45) is 0 Å². The molecule has 2 aromatic carbocycles. The number of carboxylic acids is 2. The molecule has 0 bridgehead atoms. The van der Waals surface area contributed by atoms with Gasteiger partial charge >= 0.3 is 11.9 Å². The number of aromatic nitrogens is 2. The van der Waals surface area contributed by atoms with Crippen molar-refractivity contribution in [3.05, 3.63) is 54.4 Å². The Bertz CT molecular complexity index is 1220. The maximum atomic E-state index is 13.1. The van der Waals surface area contributed by atoms with Gasteiger partial charge in [-0.25, -0.2) is 17.4 Å². The van der Waals surface area contributed by atoms with Gasteiger partial charge in [-0.05, 0) is 31.2 Å². The topological polar surface area (TPSA) is 142 Å². The van der Waals surface area contributed by atoms with Crippen molar-refractivity contribution in [2.75, 3.05) is 31.1 Å². The molecule has 33 heavy (non-hydrogen) atoms. The molecule has 10 nitrogen and oxygen atoms in total. The van der Waals surface area contributed by atoms with Gasteiger partial charge in [0, 0.05) is 26.2 Å². The summed E-state index contributed by atoms with van der Waals surface area (Å²) in [4.78, 5) is 26.4. The zero-order valence-corrected chi connectivity index (χ0v) is 19.0. The van der Waals surface area contributed by atoms with Gasteiger partial charge in [-0.2, -0.15) is 0 Å². The van der Waals surface area contributed by atoms with Crippen LogP contribution in [0.5, 0.6) is 0 Å². The van der Waals surface area contributed by atoms with E-state index in [1.54, 1.807) is 37.3 Å². The quantitative estimate of drug-likeness (QED) is 0.488. The number of aryl methyl sites for hydroxylation is 1. The van der Waals surface area contributed by atoms with Crippen LogP contribution in [0.25, 0.3) is 11.0 Å². The summed E-state index contributed by atoms with van der Waals surface area (Å²) in [5.41, 5.74) is 2.35. The first-order valence-corrected chi connectivity index (χ1v) is 11.8. The molecule has 0 atom stereocenters. The van der Waals surface area contributed by atoms with Crippen LogP contribution in [0.3, 0.4) is 0 Å². The number of piperazine rings is 1. The van der Waals surface area contributed by atoms with Crippen LogP contribution in [-0.2, 0) is 19.6 Å². The third kappa shape index (κ3) is 5.68. The van der Waals surface area contributed by atoms with Gasteiger partial charge in [-0.3, -0.25) is 9.59 Å². The van der Waals surface area contributed by atoms with E-state index in [9.17, 15) is 18.0 Å². The van der Waals surface area contributed by atoms with E-state index in [0.29, 0.717) is 11.3 Å². The fourth-order valence-corrected chi connectivity index (χ4v) is 5.06. The van der Waals surface area contributed by atoms with Crippen molar-refractivity contribution < 1.29 is 28.2 Å². The monoisotopic (exact) mass is 474 g/mol.